The maximum Gasteiger partial charge on any atom is 0.372 e. The topological polar surface area (TPSA) is 72.1 Å². The van der Waals surface area contributed by atoms with Gasteiger partial charge < -0.3 is 19.1 Å². The Morgan fingerprint density at radius 1 is 1.32 bits per heavy atom. The Kier molecular flexibility index (Phi) is 3.10. The number of nitrogens with zero attached hydrogens (tertiary/aromatic N) is 1. The molecule has 0 amide bonds. The van der Waals surface area contributed by atoms with Crippen molar-refractivity contribution >= 4 is 16.7 Å². The highest BCUT2D eigenvalue weighted by atomic mass is 16.7. The molecule has 1 N–H and O–H groups in total. The Hall–Kier alpha value is -2.05. The third-order valence-corrected chi connectivity index (χ3v) is 2.97. The number of hydroxylamine groups is 2. The first-order valence-electron chi connectivity index (χ1n) is 5.99. The molecule has 2 aromatic rings. The lowest BCUT2D eigenvalue weighted by molar-refractivity contribution is -0.118. The highest BCUT2D eigenvalue weighted by molar-refractivity contribution is 6.01. The Bertz CT molecular complexity index is 600. The summed E-state index contributed by atoms with van der Waals surface area (Å²) in [5, 5.41) is 12.1. The van der Waals surface area contributed by atoms with E-state index in [1.165, 1.54) is 6.26 Å². The standard InChI is InChI=1S/C13H13NO5/c15-13(16)12-11-7-10(2-1-9(11)8-18-12)19-14-3-5-17-6-4-14/h1-2,7-8H,3-6H2,(H,15,16). The molecule has 0 unspecified atom stereocenters. The van der Waals surface area contributed by atoms with Crippen molar-refractivity contribution in [1.29, 1.82) is 0 Å². The number of carboxylic acids is 1. The van der Waals surface area contributed by atoms with Crippen molar-refractivity contribution < 1.29 is 23.9 Å². The second-order valence-corrected chi connectivity index (χ2v) is 4.25. The summed E-state index contributed by atoms with van der Waals surface area (Å²) in [5.74, 6) is -0.556. The molecule has 100 valence electrons. The summed E-state index contributed by atoms with van der Waals surface area (Å²) in [5.41, 5.74) is 0. The summed E-state index contributed by atoms with van der Waals surface area (Å²) < 4.78 is 10.3. The summed E-state index contributed by atoms with van der Waals surface area (Å²) in [7, 11) is 0. The van der Waals surface area contributed by atoms with Gasteiger partial charge in [0.15, 0.2) is 0 Å². The first-order valence-corrected chi connectivity index (χ1v) is 5.99. The molecular formula is C13H13NO5. The molecule has 3 rings (SSSR count). The van der Waals surface area contributed by atoms with Crippen molar-refractivity contribution in [3.05, 3.63) is 30.2 Å². The summed E-state index contributed by atoms with van der Waals surface area (Å²) in [6.45, 7) is 2.65. The third kappa shape index (κ3) is 2.40. The van der Waals surface area contributed by atoms with Gasteiger partial charge in [-0.3, -0.25) is 0 Å². The molecule has 1 aromatic carbocycles. The van der Waals surface area contributed by atoms with Crippen LogP contribution in [0.25, 0.3) is 10.8 Å². The molecule has 1 fully saturated rings. The largest absolute Gasteiger partial charge is 0.475 e. The Morgan fingerprint density at radius 2 is 2.11 bits per heavy atom. The fourth-order valence-corrected chi connectivity index (χ4v) is 2.03. The van der Waals surface area contributed by atoms with E-state index in [-0.39, 0.29) is 5.76 Å². The Labute approximate surface area is 109 Å². The Balaban J connectivity index is 1.87. The van der Waals surface area contributed by atoms with Crippen LogP contribution in [0, 0.1) is 0 Å². The van der Waals surface area contributed by atoms with Crippen molar-refractivity contribution in [3.63, 3.8) is 0 Å². The van der Waals surface area contributed by atoms with Gasteiger partial charge in [0.25, 0.3) is 0 Å². The number of rotatable bonds is 3. The monoisotopic (exact) mass is 263 g/mol. The number of carbonyl (C=O) groups is 1. The number of furan rings is 1. The molecule has 1 aliphatic rings. The van der Waals surface area contributed by atoms with E-state index in [0.29, 0.717) is 37.4 Å². The second-order valence-electron chi connectivity index (χ2n) is 4.25. The summed E-state index contributed by atoms with van der Waals surface area (Å²) >= 11 is 0. The van der Waals surface area contributed by atoms with Crippen LogP contribution in [0.3, 0.4) is 0 Å². The minimum atomic E-state index is -1.08. The Morgan fingerprint density at radius 3 is 2.84 bits per heavy atom. The van der Waals surface area contributed by atoms with Gasteiger partial charge in [-0.2, -0.15) is 0 Å². The van der Waals surface area contributed by atoms with Gasteiger partial charge >= 0.3 is 5.97 Å². The van der Waals surface area contributed by atoms with Crippen molar-refractivity contribution in [3.8, 4) is 5.75 Å². The molecule has 1 aliphatic heterocycles. The minimum Gasteiger partial charge on any atom is -0.475 e. The SMILES string of the molecule is O=C(O)c1occ2ccc(ON3CCOCC3)cc12. The van der Waals surface area contributed by atoms with Crippen molar-refractivity contribution in [2.24, 2.45) is 0 Å². The normalized spacial score (nSPS) is 16.6. The molecule has 6 nitrogen and oxygen atoms in total. The van der Waals surface area contributed by atoms with E-state index in [1.807, 2.05) is 0 Å². The van der Waals surface area contributed by atoms with E-state index in [2.05, 4.69) is 0 Å². The summed E-state index contributed by atoms with van der Waals surface area (Å²) in [4.78, 5) is 16.7. The predicted octanol–water partition coefficient (Wildman–Crippen LogP) is 1.76. The van der Waals surface area contributed by atoms with E-state index in [0.717, 1.165) is 5.39 Å². The molecule has 0 aliphatic carbocycles. The fraction of sp³-hybridized carbons (Fsp3) is 0.308. The van der Waals surface area contributed by atoms with Crippen LogP contribution < -0.4 is 4.84 Å². The van der Waals surface area contributed by atoms with Gasteiger partial charge in [0.1, 0.15) is 5.75 Å². The third-order valence-electron chi connectivity index (χ3n) is 2.97. The number of hydrogen-bond acceptors (Lipinski definition) is 5. The van der Waals surface area contributed by atoms with Gasteiger partial charge in [-0.1, -0.05) is 0 Å². The molecule has 0 bridgehead atoms. The van der Waals surface area contributed by atoms with E-state index >= 15 is 0 Å². The number of carboxylic acid groups (broad SMARTS) is 1. The van der Waals surface area contributed by atoms with Crippen LogP contribution in [0.15, 0.2) is 28.9 Å². The van der Waals surface area contributed by atoms with Gasteiger partial charge in [-0.15, -0.1) is 5.06 Å². The first-order chi connectivity index (χ1) is 9.24. The maximum atomic E-state index is 11.0. The number of hydrogen-bond donors (Lipinski definition) is 1. The zero-order chi connectivity index (χ0) is 13.2. The summed E-state index contributed by atoms with van der Waals surface area (Å²) in [6, 6.07) is 5.25. The number of ether oxygens (including phenoxy) is 1. The lowest BCUT2D eigenvalue weighted by atomic mass is 10.2. The van der Waals surface area contributed by atoms with Gasteiger partial charge in [0, 0.05) is 10.8 Å². The molecule has 0 saturated carbocycles. The highest BCUT2D eigenvalue weighted by Gasteiger charge is 2.16. The van der Waals surface area contributed by atoms with Crippen molar-refractivity contribution in [1.82, 2.24) is 5.06 Å². The van der Waals surface area contributed by atoms with E-state index < -0.39 is 5.97 Å². The molecule has 2 heterocycles. The van der Waals surface area contributed by atoms with Crippen LogP contribution in [0.2, 0.25) is 0 Å². The molecule has 0 spiro atoms. The van der Waals surface area contributed by atoms with Crippen LogP contribution >= 0.6 is 0 Å². The smallest absolute Gasteiger partial charge is 0.372 e. The van der Waals surface area contributed by atoms with Crippen molar-refractivity contribution in [2.45, 2.75) is 0 Å². The summed E-state index contributed by atoms with van der Waals surface area (Å²) in [6.07, 6.45) is 1.43. The fourth-order valence-electron chi connectivity index (χ4n) is 2.03. The minimum absolute atomic E-state index is 0.0672. The molecule has 6 heteroatoms. The van der Waals surface area contributed by atoms with Crippen LogP contribution in [-0.2, 0) is 4.74 Å². The van der Waals surface area contributed by atoms with Gasteiger partial charge in [0.05, 0.1) is 32.6 Å². The van der Waals surface area contributed by atoms with Crippen LogP contribution in [0.5, 0.6) is 5.75 Å². The number of aromatic carboxylic acids is 1. The quantitative estimate of drug-likeness (QED) is 0.909. The van der Waals surface area contributed by atoms with E-state index in [4.69, 9.17) is 19.1 Å². The highest BCUT2D eigenvalue weighted by Crippen LogP contribution is 2.26. The average molecular weight is 263 g/mol. The number of fused-ring (bicyclic) bond motifs is 1. The predicted molar refractivity (Wildman–Crippen MR) is 66.2 cm³/mol. The maximum absolute atomic E-state index is 11.0. The lowest BCUT2D eigenvalue weighted by Crippen LogP contribution is -2.38. The zero-order valence-electron chi connectivity index (χ0n) is 10.2. The molecule has 0 radical (unpaired) electrons. The number of benzene rings is 1. The van der Waals surface area contributed by atoms with Crippen molar-refractivity contribution in [2.75, 3.05) is 26.3 Å². The van der Waals surface area contributed by atoms with E-state index in [1.54, 1.807) is 23.3 Å². The van der Waals surface area contributed by atoms with Crippen LogP contribution in [0.4, 0.5) is 0 Å². The average Bonchev–Trinajstić information content (AvgIpc) is 2.83. The van der Waals surface area contributed by atoms with Gasteiger partial charge in [-0.25, -0.2) is 4.79 Å². The molecule has 1 saturated heterocycles. The molecular weight excluding hydrogens is 250 g/mol. The van der Waals surface area contributed by atoms with E-state index in [9.17, 15) is 4.79 Å². The van der Waals surface area contributed by atoms with Crippen LogP contribution in [-0.4, -0.2) is 42.4 Å². The molecule has 0 atom stereocenters. The first kappa shape index (κ1) is 12.0. The molecule has 19 heavy (non-hydrogen) atoms. The van der Waals surface area contributed by atoms with Crippen LogP contribution in [0.1, 0.15) is 10.6 Å². The number of morpholine rings is 1. The zero-order valence-corrected chi connectivity index (χ0v) is 10.2. The molecule has 1 aromatic heterocycles. The lowest BCUT2D eigenvalue weighted by Gasteiger charge is -2.26. The van der Waals surface area contributed by atoms with Gasteiger partial charge in [-0.05, 0) is 18.2 Å². The van der Waals surface area contributed by atoms with Gasteiger partial charge in [0.2, 0.25) is 5.76 Å². The second kappa shape index (κ2) is 4.91.